The van der Waals surface area contributed by atoms with Gasteiger partial charge in [0.25, 0.3) is 0 Å². The van der Waals surface area contributed by atoms with Crippen LogP contribution in [0.1, 0.15) is 11.3 Å². The maximum absolute atomic E-state index is 9.05. The van der Waals surface area contributed by atoms with Crippen molar-refractivity contribution in [2.45, 2.75) is 13.8 Å². The van der Waals surface area contributed by atoms with Crippen molar-refractivity contribution in [1.82, 2.24) is 14.6 Å². The number of benzene rings is 1. The molecule has 0 aliphatic heterocycles. The summed E-state index contributed by atoms with van der Waals surface area (Å²) >= 11 is 6.05. The van der Waals surface area contributed by atoms with Crippen molar-refractivity contribution in [2.24, 2.45) is 0 Å². The lowest BCUT2D eigenvalue weighted by molar-refractivity contribution is 0.311. The van der Waals surface area contributed by atoms with Crippen LogP contribution in [-0.4, -0.2) is 32.9 Å². The molecule has 6 heteroatoms. The van der Waals surface area contributed by atoms with Gasteiger partial charge in [0.1, 0.15) is 5.82 Å². The number of aryl methyl sites for hydroxylation is 1. The lowest BCUT2D eigenvalue weighted by Gasteiger charge is -2.11. The Morgan fingerprint density at radius 2 is 2.09 bits per heavy atom. The number of aliphatic hydroxyl groups excluding tert-OH is 1. The van der Waals surface area contributed by atoms with Crippen LogP contribution >= 0.6 is 11.6 Å². The zero-order chi connectivity index (χ0) is 15.7. The molecule has 3 aromatic rings. The highest BCUT2D eigenvalue weighted by atomic mass is 35.5. The topological polar surface area (TPSA) is 62.5 Å². The highest BCUT2D eigenvalue weighted by Crippen LogP contribution is 2.25. The highest BCUT2D eigenvalue weighted by molar-refractivity contribution is 6.30. The number of rotatable bonds is 4. The quantitative estimate of drug-likeness (QED) is 0.776. The van der Waals surface area contributed by atoms with Gasteiger partial charge in [0.2, 0.25) is 0 Å². The van der Waals surface area contributed by atoms with Crippen molar-refractivity contribution in [3.8, 4) is 11.3 Å². The molecule has 0 saturated carbocycles. The Morgan fingerprint density at radius 1 is 1.27 bits per heavy atom. The molecule has 0 unspecified atom stereocenters. The largest absolute Gasteiger partial charge is 0.395 e. The summed E-state index contributed by atoms with van der Waals surface area (Å²) in [5, 5.41) is 17.6. The van der Waals surface area contributed by atoms with Crippen LogP contribution in [0.2, 0.25) is 5.02 Å². The molecule has 0 saturated heterocycles. The molecule has 0 amide bonds. The predicted molar refractivity (Wildman–Crippen MR) is 88.5 cm³/mol. The van der Waals surface area contributed by atoms with Crippen LogP contribution in [0.4, 0.5) is 5.82 Å². The zero-order valence-corrected chi connectivity index (χ0v) is 13.2. The van der Waals surface area contributed by atoms with Gasteiger partial charge in [-0.25, -0.2) is 4.98 Å². The average Bonchev–Trinajstić information content (AvgIpc) is 2.91. The molecular formula is C16H17ClN4O. The number of hydrogen-bond donors (Lipinski definition) is 2. The first-order valence-electron chi connectivity index (χ1n) is 7.08. The molecule has 2 aromatic heterocycles. The van der Waals surface area contributed by atoms with Gasteiger partial charge >= 0.3 is 0 Å². The average molecular weight is 317 g/mol. The highest BCUT2D eigenvalue weighted by Gasteiger charge is 2.13. The lowest BCUT2D eigenvalue weighted by atomic mass is 10.1. The number of nitrogens with zero attached hydrogens (tertiary/aromatic N) is 3. The molecule has 0 fully saturated rings. The number of hydrogen-bond acceptors (Lipinski definition) is 4. The van der Waals surface area contributed by atoms with Crippen LogP contribution in [0, 0.1) is 13.8 Å². The minimum atomic E-state index is 0.0602. The van der Waals surface area contributed by atoms with E-state index in [1.54, 1.807) is 4.52 Å². The zero-order valence-electron chi connectivity index (χ0n) is 12.5. The van der Waals surface area contributed by atoms with Crippen molar-refractivity contribution < 1.29 is 5.11 Å². The summed E-state index contributed by atoms with van der Waals surface area (Å²) in [5.74, 6) is 0.852. The van der Waals surface area contributed by atoms with Gasteiger partial charge in [-0.15, -0.1) is 0 Å². The van der Waals surface area contributed by atoms with Crippen LogP contribution in [0.5, 0.6) is 0 Å². The van der Waals surface area contributed by atoms with E-state index in [0.717, 1.165) is 34.0 Å². The molecular weight excluding hydrogens is 300 g/mol. The molecule has 0 aliphatic rings. The molecule has 22 heavy (non-hydrogen) atoms. The van der Waals surface area contributed by atoms with Crippen molar-refractivity contribution in [3.63, 3.8) is 0 Å². The molecule has 3 rings (SSSR count). The summed E-state index contributed by atoms with van der Waals surface area (Å²) in [6.45, 7) is 4.48. The second kappa shape index (κ2) is 5.94. The number of anilines is 1. The van der Waals surface area contributed by atoms with Gasteiger partial charge in [0.15, 0.2) is 5.65 Å². The van der Waals surface area contributed by atoms with Crippen molar-refractivity contribution in [3.05, 3.63) is 46.6 Å². The van der Waals surface area contributed by atoms with Crippen LogP contribution in [0.3, 0.4) is 0 Å². The Hall–Kier alpha value is -2.11. The Kier molecular flexibility index (Phi) is 4.00. The van der Waals surface area contributed by atoms with E-state index in [0.29, 0.717) is 11.6 Å². The van der Waals surface area contributed by atoms with Crippen molar-refractivity contribution in [2.75, 3.05) is 18.5 Å². The van der Waals surface area contributed by atoms with E-state index in [2.05, 4.69) is 15.4 Å². The Balaban J connectivity index is 2.16. The Morgan fingerprint density at radius 3 is 2.82 bits per heavy atom. The van der Waals surface area contributed by atoms with Gasteiger partial charge in [-0.3, -0.25) is 0 Å². The molecule has 5 nitrogen and oxygen atoms in total. The molecule has 2 N–H and O–H groups in total. The number of fused-ring (bicyclic) bond motifs is 1. The predicted octanol–water partition coefficient (Wildman–Crippen LogP) is 3.07. The van der Waals surface area contributed by atoms with E-state index in [-0.39, 0.29) is 6.61 Å². The van der Waals surface area contributed by atoms with E-state index in [1.807, 2.05) is 44.2 Å². The number of aromatic nitrogens is 3. The molecule has 0 bridgehead atoms. The standard InChI is InChI=1S/C16H17ClN4O/c1-10-11(2)19-15-9-14(12-4-3-5-13(17)8-12)20-21(15)16(10)18-6-7-22/h3-5,8-9,18,22H,6-7H2,1-2H3. The van der Waals surface area contributed by atoms with Crippen molar-refractivity contribution in [1.29, 1.82) is 0 Å². The molecule has 2 heterocycles. The number of halogens is 1. The smallest absolute Gasteiger partial charge is 0.158 e. The summed E-state index contributed by atoms with van der Waals surface area (Å²) in [4.78, 5) is 4.58. The van der Waals surface area contributed by atoms with Crippen LogP contribution in [0.25, 0.3) is 16.9 Å². The van der Waals surface area contributed by atoms with Gasteiger partial charge in [-0.05, 0) is 26.0 Å². The molecule has 114 valence electrons. The van der Waals surface area contributed by atoms with Crippen LogP contribution < -0.4 is 5.32 Å². The van der Waals surface area contributed by atoms with E-state index in [9.17, 15) is 0 Å². The molecule has 1 aromatic carbocycles. The second-order valence-electron chi connectivity index (χ2n) is 5.13. The summed E-state index contributed by atoms with van der Waals surface area (Å²) in [5.41, 5.74) is 4.47. The first-order valence-corrected chi connectivity index (χ1v) is 7.45. The normalized spacial score (nSPS) is 11.1. The summed E-state index contributed by atoms with van der Waals surface area (Å²) < 4.78 is 1.77. The lowest BCUT2D eigenvalue weighted by Crippen LogP contribution is -2.12. The van der Waals surface area contributed by atoms with Crippen LogP contribution in [0.15, 0.2) is 30.3 Å². The fraction of sp³-hybridized carbons (Fsp3) is 0.250. The minimum absolute atomic E-state index is 0.0602. The fourth-order valence-electron chi connectivity index (χ4n) is 2.37. The SMILES string of the molecule is Cc1nc2cc(-c3cccc(Cl)c3)nn2c(NCCO)c1C. The molecule has 0 aliphatic carbocycles. The maximum Gasteiger partial charge on any atom is 0.158 e. The summed E-state index contributed by atoms with van der Waals surface area (Å²) in [6.07, 6.45) is 0. The third-order valence-electron chi connectivity index (χ3n) is 3.61. The number of nitrogens with one attached hydrogen (secondary N) is 1. The summed E-state index contributed by atoms with van der Waals surface area (Å²) in [7, 11) is 0. The van der Waals surface area contributed by atoms with Gasteiger partial charge in [0.05, 0.1) is 12.3 Å². The molecule has 0 atom stereocenters. The first-order chi connectivity index (χ1) is 10.6. The second-order valence-corrected chi connectivity index (χ2v) is 5.57. The fourth-order valence-corrected chi connectivity index (χ4v) is 2.56. The van der Waals surface area contributed by atoms with Gasteiger partial charge < -0.3 is 10.4 Å². The first kappa shape index (κ1) is 14.8. The Bertz CT molecular complexity index is 828. The minimum Gasteiger partial charge on any atom is -0.395 e. The third-order valence-corrected chi connectivity index (χ3v) is 3.84. The molecule has 0 spiro atoms. The monoisotopic (exact) mass is 316 g/mol. The third kappa shape index (κ3) is 2.65. The van der Waals surface area contributed by atoms with Gasteiger partial charge in [0, 0.05) is 34.5 Å². The van der Waals surface area contributed by atoms with Crippen molar-refractivity contribution >= 4 is 23.1 Å². The van der Waals surface area contributed by atoms with Gasteiger partial charge in [-0.2, -0.15) is 9.61 Å². The summed E-state index contributed by atoms with van der Waals surface area (Å²) in [6, 6.07) is 9.51. The van der Waals surface area contributed by atoms with E-state index < -0.39 is 0 Å². The van der Waals surface area contributed by atoms with E-state index >= 15 is 0 Å². The Labute approximate surface area is 133 Å². The molecule has 0 radical (unpaired) electrons. The van der Waals surface area contributed by atoms with Crippen LogP contribution in [-0.2, 0) is 0 Å². The van der Waals surface area contributed by atoms with Gasteiger partial charge in [-0.1, -0.05) is 23.7 Å². The van der Waals surface area contributed by atoms with E-state index in [4.69, 9.17) is 16.7 Å². The maximum atomic E-state index is 9.05. The number of aliphatic hydroxyl groups is 1. The van der Waals surface area contributed by atoms with E-state index in [1.165, 1.54) is 0 Å².